The Bertz CT molecular complexity index is 915. The number of hydrogen-bond acceptors (Lipinski definition) is 4. The molecule has 3 aromatic rings. The second kappa shape index (κ2) is 7.40. The van der Waals surface area contributed by atoms with Crippen LogP contribution < -0.4 is 5.73 Å². The summed E-state index contributed by atoms with van der Waals surface area (Å²) in [5, 5.41) is 18.7. The summed E-state index contributed by atoms with van der Waals surface area (Å²) in [5.74, 6) is -0.889. The maximum atomic E-state index is 12.6. The number of aryl methyl sites for hydroxylation is 2. The molecular formula is C18H22N6O2. The Morgan fingerprint density at radius 2 is 2.23 bits per heavy atom. The summed E-state index contributed by atoms with van der Waals surface area (Å²) in [4.78, 5) is 20.2. The fourth-order valence-corrected chi connectivity index (χ4v) is 3.18. The number of nitrogens with one attached hydrogen (secondary N) is 2. The van der Waals surface area contributed by atoms with E-state index in [1.165, 1.54) is 17.9 Å². The highest BCUT2D eigenvalue weighted by atomic mass is 16.3. The number of fused-ring (bicyclic) bond motifs is 1. The summed E-state index contributed by atoms with van der Waals surface area (Å²) in [6, 6.07) is 7.47. The van der Waals surface area contributed by atoms with Crippen molar-refractivity contribution >= 4 is 22.8 Å². The third-order valence-electron chi connectivity index (χ3n) is 4.47. The van der Waals surface area contributed by atoms with Crippen LogP contribution in [0, 0.1) is 12.3 Å². The first-order valence-electron chi connectivity index (χ1n) is 8.34. The molecule has 2 heterocycles. The molecular weight excluding hydrogens is 332 g/mol. The summed E-state index contributed by atoms with van der Waals surface area (Å²) in [5.41, 5.74) is 8.10. The highest BCUT2D eigenvalue weighted by Gasteiger charge is 2.27. The van der Waals surface area contributed by atoms with E-state index in [-0.39, 0.29) is 12.3 Å². The molecule has 1 amide bonds. The molecule has 26 heavy (non-hydrogen) atoms. The lowest BCUT2D eigenvalue weighted by atomic mass is 10.1. The van der Waals surface area contributed by atoms with Crippen LogP contribution in [0.15, 0.2) is 43.0 Å². The number of hydrogen-bond donors (Lipinski definition) is 4. The van der Waals surface area contributed by atoms with Crippen LogP contribution in [0.25, 0.3) is 10.9 Å². The number of H-pyrrole nitrogens is 1. The molecule has 0 saturated carbocycles. The van der Waals surface area contributed by atoms with Crippen molar-refractivity contribution in [3.05, 3.63) is 54.2 Å². The highest BCUT2D eigenvalue weighted by Crippen LogP contribution is 2.21. The van der Waals surface area contributed by atoms with Crippen molar-refractivity contribution in [2.45, 2.75) is 25.9 Å². The first kappa shape index (κ1) is 17.7. The topological polar surface area (TPSA) is 124 Å². The maximum absolute atomic E-state index is 12.6. The molecule has 0 unspecified atom stereocenters. The van der Waals surface area contributed by atoms with Gasteiger partial charge in [-0.2, -0.15) is 0 Å². The maximum Gasteiger partial charge on any atom is 0.278 e. The van der Waals surface area contributed by atoms with Crippen molar-refractivity contribution in [3.63, 3.8) is 0 Å². The van der Waals surface area contributed by atoms with Crippen LogP contribution in [0.5, 0.6) is 0 Å². The molecule has 5 N–H and O–H groups in total. The van der Waals surface area contributed by atoms with Crippen molar-refractivity contribution in [2.24, 2.45) is 5.73 Å². The van der Waals surface area contributed by atoms with Gasteiger partial charge in [0.2, 0.25) is 0 Å². The summed E-state index contributed by atoms with van der Waals surface area (Å²) in [6.45, 7) is 2.34. The van der Waals surface area contributed by atoms with E-state index in [1.807, 2.05) is 31.3 Å². The summed E-state index contributed by atoms with van der Waals surface area (Å²) < 4.78 is 2.09. The second-order valence-electron chi connectivity index (χ2n) is 6.17. The smallest absolute Gasteiger partial charge is 0.278 e. The lowest BCUT2D eigenvalue weighted by molar-refractivity contribution is 0.0726. The van der Waals surface area contributed by atoms with E-state index in [2.05, 4.69) is 20.6 Å². The standard InChI is InChI=1S/C18H22N6O2/c1-12-9-23(16-5-3-2-4-14(12)16)7-6-13(10-25)24(18(19)20)17(26)15-8-21-11-22-15/h2-5,8-9,11,13,25H,6-7,10H2,1H3,(H3,19,20)(H,21,22)/t13-/m1/s1. The number of para-hydroxylation sites is 1. The van der Waals surface area contributed by atoms with Crippen LogP contribution in [-0.2, 0) is 6.54 Å². The molecule has 1 atom stereocenters. The molecule has 0 spiro atoms. The Kier molecular flexibility index (Phi) is 5.04. The van der Waals surface area contributed by atoms with E-state index < -0.39 is 17.9 Å². The van der Waals surface area contributed by atoms with Gasteiger partial charge in [0.1, 0.15) is 5.69 Å². The molecule has 3 rings (SSSR count). The van der Waals surface area contributed by atoms with E-state index in [0.29, 0.717) is 13.0 Å². The average molecular weight is 354 g/mol. The largest absolute Gasteiger partial charge is 0.394 e. The molecule has 0 fully saturated rings. The van der Waals surface area contributed by atoms with Gasteiger partial charge in [-0.25, -0.2) is 4.98 Å². The number of amides is 1. The normalized spacial score (nSPS) is 12.2. The first-order chi connectivity index (χ1) is 12.5. The van der Waals surface area contributed by atoms with Gasteiger partial charge in [-0.1, -0.05) is 18.2 Å². The number of nitrogens with two attached hydrogens (primary N) is 1. The van der Waals surface area contributed by atoms with Gasteiger partial charge in [0.05, 0.1) is 25.2 Å². The van der Waals surface area contributed by atoms with E-state index in [0.717, 1.165) is 16.0 Å². The number of rotatable bonds is 6. The Hall–Kier alpha value is -3.13. The number of imidazole rings is 1. The van der Waals surface area contributed by atoms with Gasteiger partial charge in [0.15, 0.2) is 5.96 Å². The molecule has 0 bridgehead atoms. The molecule has 0 aliphatic heterocycles. The average Bonchev–Trinajstić information content (AvgIpc) is 3.27. The molecule has 0 aliphatic carbocycles. The number of carbonyl (C=O) groups excluding carboxylic acids is 1. The molecule has 136 valence electrons. The third-order valence-corrected chi connectivity index (χ3v) is 4.47. The van der Waals surface area contributed by atoms with Gasteiger partial charge < -0.3 is 20.4 Å². The van der Waals surface area contributed by atoms with Crippen molar-refractivity contribution in [1.82, 2.24) is 19.4 Å². The van der Waals surface area contributed by atoms with Gasteiger partial charge in [0, 0.05) is 23.6 Å². The fraction of sp³-hybridized carbons (Fsp3) is 0.278. The van der Waals surface area contributed by atoms with Gasteiger partial charge in [-0.3, -0.25) is 15.1 Å². The molecule has 8 heteroatoms. The van der Waals surface area contributed by atoms with Gasteiger partial charge in [0.25, 0.3) is 5.91 Å². The summed E-state index contributed by atoms with van der Waals surface area (Å²) in [6.07, 6.45) is 5.26. The fourth-order valence-electron chi connectivity index (χ4n) is 3.18. The zero-order chi connectivity index (χ0) is 18.7. The molecule has 8 nitrogen and oxygen atoms in total. The minimum Gasteiger partial charge on any atom is -0.394 e. The zero-order valence-electron chi connectivity index (χ0n) is 14.5. The van der Waals surface area contributed by atoms with E-state index >= 15 is 0 Å². The predicted molar refractivity (Wildman–Crippen MR) is 98.8 cm³/mol. The highest BCUT2D eigenvalue weighted by molar-refractivity contribution is 6.03. The number of benzene rings is 1. The van der Waals surface area contributed by atoms with E-state index in [1.54, 1.807) is 0 Å². The van der Waals surface area contributed by atoms with Crippen LogP contribution in [0.1, 0.15) is 22.5 Å². The third kappa shape index (κ3) is 3.31. The summed E-state index contributed by atoms with van der Waals surface area (Å²) >= 11 is 0. The molecule has 0 saturated heterocycles. The minimum atomic E-state index is -0.607. The number of carbonyl (C=O) groups is 1. The van der Waals surface area contributed by atoms with Crippen molar-refractivity contribution < 1.29 is 9.90 Å². The molecule has 0 radical (unpaired) electrons. The number of guanidine groups is 1. The SMILES string of the molecule is Cc1cn(CC[C@H](CO)N(C(=N)N)C(=O)c2cnc[nH]2)c2ccccc12. The first-order valence-corrected chi connectivity index (χ1v) is 8.34. The Morgan fingerprint density at radius 1 is 1.46 bits per heavy atom. The van der Waals surface area contributed by atoms with Crippen molar-refractivity contribution in [2.75, 3.05) is 6.61 Å². The number of aliphatic hydroxyl groups is 1. The number of aliphatic hydroxyl groups excluding tert-OH is 1. The lowest BCUT2D eigenvalue weighted by Crippen LogP contribution is -2.50. The lowest BCUT2D eigenvalue weighted by Gasteiger charge is -2.28. The van der Waals surface area contributed by atoms with Crippen LogP contribution in [0.2, 0.25) is 0 Å². The van der Waals surface area contributed by atoms with E-state index in [4.69, 9.17) is 11.1 Å². The number of aromatic nitrogens is 3. The van der Waals surface area contributed by atoms with Gasteiger partial charge in [-0.15, -0.1) is 0 Å². The second-order valence-corrected chi connectivity index (χ2v) is 6.17. The van der Waals surface area contributed by atoms with Crippen molar-refractivity contribution in [3.8, 4) is 0 Å². The zero-order valence-corrected chi connectivity index (χ0v) is 14.5. The Morgan fingerprint density at radius 3 is 2.88 bits per heavy atom. The number of aromatic amines is 1. The molecule has 1 aromatic carbocycles. The summed E-state index contributed by atoms with van der Waals surface area (Å²) in [7, 11) is 0. The van der Waals surface area contributed by atoms with Crippen LogP contribution in [0.3, 0.4) is 0 Å². The Labute approximate surface area is 150 Å². The monoisotopic (exact) mass is 354 g/mol. The van der Waals surface area contributed by atoms with Crippen LogP contribution in [0.4, 0.5) is 0 Å². The molecule has 0 aliphatic rings. The van der Waals surface area contributed by atoms with Crippen LogP contribution in [-0.4, -0.2) is 49.1 Å². The van der Waals surface area contributed by atoms with Crippen molar-refractivity contribution in [1.29, 1.82) is 5.41 Å². The van der Waals surface area contributed by atoms with E-state index in [9.17, 15) is 9.90 Å². The predicted octanol–water partition coefficient (Wildman–Crippen LogP) is 1.46. The minimum absolute atomic E-state index is 0.223. The van der Waals surface area contributed by atoms with Gasteiger partial charge in [-0.05, 0) is 25.0 Å². The quantitative estimate of drug-likeness (QED) is 0.395. The van der Waals surface area contributed by atoms with Crippen LogP contribution >= 0.6 is 0 Å². The Balaban J connectivity index is 1.81. The van der Waals surface area contributed by atoms with Gasteiger partial charge >= 0.3 is 0 Å². The number of nitrogens with zero attached hydrogens (tertiary/aromatic N) is 3. The molecule has 2 aromatic heterocycles.